The van der Waals surface area contributed by atoms with Gasteiger partial charge in [0.2, 0.25) is 0 Å². The van der Waals surface area contributed by atoms with Crippen molar-refractivity contribution in [3.05, 3.63) is 54.1 Å². The Labute approximate surface area is 191 Å². The number of aromatic nitrogens is 2. The molecular weight excluding hydrogens is 404 g/mol. The number of carbonyl (C=O) groups is 1. The zero-order chi connectivity index (χ0) is 23.0. The predicted molar refractivity (Wildman–Crippen MR) is 127 cm³/mol. The number of hydrogen-bond acceptors (Lipinski definition) is 4. The molecule has 0 spiro atoms. The van der Waals surface area contributed by atoms with E-state index in [-0.39, 0.29) is 12.1 Å². The van der Waals surface area contributed by atoms with Crippen LogP contribution in [0.4, 0.5) is 4.79 Å². The first kappa shape index (κ1) is 23.6. The third-order valence-electron chi connectivity index (χ3n) is 5.14. The number of likely N-dealkylation sites (tertiary alicyclic amines) is 1. The molecule has 3 rings (SSSR count). The van der Waals surface area contributed by atoms with E-state index in [0.29, 0.717) is 13.1 Å². The van der Waals surface area contributed by atoms with Gasteiger partial charge in [0, 0.05) is 51.5 Å². The third kappa shape index (κ3) is 7.28. The summed E-state index contributed by atoms with van der Waals surface area (Å²) in [5.41, 5.74) is 0.759. The summed E-state index contributed by atoms with van der Waals surface area (Å²) in [7, 11) is 0. The number of alkyl carbamates (subject to hydrolysis) is 1. The topological polar surface area (TPSA) is 83.8 Å². The van der Waals surface area contributed by atoms with Crippen LogP contribution in [0.3, 0.4) is 0 Å². The number of nitrogens with zero attached hydrogens (tertiary/aromatic N) is 4. The lowest BCUT2D eigenvalue weighted by Crippen LogP contribution is -2.44. The van der Waals surface area contributed by atoms with Crippen molar-refractivity contribution >= 4 is 12.1 Å². The number of hydrogen-bond donors (Lipinski definition) is 2. The molecule has 174 valence electrons. The van der Waals surface area contributed by atoms with Crippen molar-refractivity contribution in [3.8, 4) is 0 Å². The van der Waals surface area contributed by atoms with E-state index >= 15 is 0 Å². The average Bonchev–Trinajstić information content (AvgIpc) is 3.36. The summed E-state index contributed by atoms with van der Waals surface area (Å²) < 4.78 is 7.55. The minimum absolute atomic E-state index is 0.0541. The van der Waals surface area contributed by atoms with Crippen LogP contribution >= 0.6 is 0 Å². The Morgan fingerprint density at radius 2 is 2.06 bits per heavy atom. The van der Waals surface area contributed by atoms with Gasteiger partial charge in [0.15, 0.2) is 5.96 Å². The van der Waals surface area contributed by atoms with Crippen LogP contribution in [0.25, 0.3) is 0 Å². The molecule has 1 fully saturated rings. The Morgan fingerprint density at radius 1 is 1.28 bits per heavy atom. The normalized spacial score (nSPS) is 16.8. The van der Waals surface area contributed by atoms with E-state index < -0.39 is 5.60 Å². The number of benzene rings is 1. The fraction of sp³-hybridized carbons (Fsp3) is 0.542. The maximum absolute atomic E-state index is 12.1. The molecule has 1 unspecified atom stereocenters. The Balaban J connectivity index is 1.54. The van der Waals surface area contributed by atoms with E-state index in [2.05, 4.69) is 56.3 Å². The molecule has 0 aliphatic carbocycles. The van der Waals surface area contributed by atoms with Crippen molar-refractivity contribution in [2.45, 2.75) is 58.7 Å². The summed E-state index contributed by atoms with van der Waals surface area (Å²) >= 11 is 0. The summed E-state index contributed by atoms with van der Waals surface area (Å²) in [6.45, 7) is 11.5. The maximum Gasteiger partial charge on any atom is 0.407 e. The second-order valence-corrected chi connectivity index (χ2v) is 9.02. The minimum atomic E-state index is -0.495. The predicted octanol–water partition coefficient (Wildman–Crippen LogP) is 3.04. The SMILES string of the molecule is CCNC(=NCCc1nccn1Cc1ccccc1)N1CCC(NC(=O)OC(C)(C)C)C1. The summed E-state index contributed by atoms with van der Waals surface area (Å²) in [4.78, 5) is 23.6. The third-order valence-corrected chi connectivity index (χ3v) is 5.14. The van der Waals surface area contributed by atoms with Crippen LogP contribution in [-0.4, -0.2) is 64.3 Å². The molecule has 0 bridgehead atoms. The van der Waals surface area contributed by atoms with Gasteiger partial charge in [-0.15, -0.1) is 0 Å². The maximum atomic E-state index is 12.1. The molecule has 1 aromatic heterocycles. The molecule has 2 heterocycles. The number of carbonyl (C=O) groups excluding carboxylic acids is 1. The van der Waals surface area contributed by atoms with E-state index in [1.54, 1.807) is 0 Å². The van der Waals surface area contributed by atoms with Crippen molar-refractivity contribution in [1.82, 2.24) is 25.1 Å². The zero-order valence-corrected chi connectivity index (χ0v) is 19.7. The molecule has 1 aromatic carbocycles. The van der Waals surface area contributed by atoms with Gasteiger partial charge in [0.25, 0.3) is 0 Å². The number of nitrogens with one attached hydrogen (secondary N) is 2. The fourth-order valence-electron chi connectivity index (χ4n) is 3.72. The van der Waals surface area contributed by atoms with Crippen LogP contribution in [-0.2, 0) is 17.7 Å². The Hall–Kier alpha value is -3.03. The van der Waals surface area contributed by atoms with Crippen LogP contribution in [0.2, 0.25) is 0 Å². The zero-order valence-electron chi connectivity index (χ0n) is 19.7. The second kappa shape index (κ2) is 11.0. The van der Waals surface area contributed by atoms with Crippen LogP contribution in [0.15, 0.2) is 47.7 Å². The van der Waals surface area contributed by atoms with Crippen molar-refractivity contribution in [2.24, 2.45) is 4.99 Å². The molecule has 0 radical (unpaired) electrons. The highest BCUT2D eigenvalue weighted by Gasteiger charge is 2.27. The molecule has 1 atom stereocenters. The Morgan fingerprint density at radius 3 is 2.78 bits per heavy atom. The molecule has 1 saturated heterocycles. The van der Waals surface area contributed by atoms with Gasteiger partial charge in [-0.25, -0.2) is 9.78 Å². The molecule has 1 aliphatic rings. The lowest BCUT2D eigenvalue weighted by Gasteiger charge is -2.23. The number of ether oxygens (including phenoxy) is 1. The minimum Gasteiger partial charge on any atom is -0.444 e. The molecule has 0 saturated carbocycles. The molecular formula is C24H36N6O2. The number of amides is 1. The number of imidazole rings is 1. The molecule has 1 amide bonds. The van der Waals surface area contributed by atoms with Gasteiger partial charge in [-0.1, -0.05) is 30.3 Å². The van der Waals surface area contributed by atoms with Crippen LogP contribution in [0.1, 0.15) is 45.5 Å². The van der Waals surface area contributed by atoms with Gasteiger partial charge in [-0.3, -0.25) is 4.99 Å². The largest absolute Gasteiger partial charge is 0.444 e. The van der Waals surface area contributed by atoms with Crippen LogP contribution in [0.5, 0.6) is 0 Å². The van der Waals surface area contributed by atoms with E-state index in [9.17, 15) is 4.79 Å². The lowest BCUT2D eigenvalue weighted by atomic mass is 10.2. The second-order valence-electron chi connectivity index (χ2n) is 9.02. The Kier molecular flexibility index (Phi) is 8.14. The number of rotatable bonds is 7. The van der Waals surface area contributed by atoms with E-state index in [4.69, 9.17) is 9.73 Å². The first-order chi connectivity index (χ1) is 15.3. The summed E-state index contributed by atoms with van der Waals surface area (Å²) in [5.74, 6) is 1.90. The van der Waals surface area contributed by atoms with Gasteiger partial charge in [0.05, 0.1) is 6.04 Å². The molecule has 8 heteroatoms. The van der Waals surface area contributed by atoms with Crippen LogP contribution < -0.4 is 10.6 Å². The van der Waals surface area contributed by atoms with Gasteiger partial charge in [-0.05, 0) is 39.7 Å². The van der Waals surface area contributed by atoms with E-state index in [0.717, 1.165) is 44.3 Å². The lowest BCUT2D eigenvalue weighted by molar-refractivity contribution is 0.0507. The summed E-state index contributed by atoms with van der Waals surface area (Å²) in [5, 5.41) is 6.35. The fourth-order valence-corrected chi connectivity index (χ4v) is 3.72. The first-order valence-electron chi connectivity index (χ1n) is 11.4. The van der Waals surface area contributed by atoms with Crippen LogP contribution in [0, 0.1) is 0 Å². The van der Waals surface area contributed by atoms with Gasteiger partial charge in [0.1, 0.15) is 11.4 Å². The van der Waals surface area contributed by atoms with E-state index in [1.165, 1.54) is 5.56 Å². The highest BCUT2D eigenvalue weighted by molar-refractivity contribution is 5.80. The number of aliphatic imine (C=N–C) groups is 1. The summed E-state index contributed by atoms with van der Waals surface area (Å²) in [6.07, 6.45) is 5.13. The molecule has 1 aliphatic heterocycles. The first-order valence-corrected chi connectivity index (χ1v) is 11.4. The monoisotopic (exact) mass is 440 g/mol. The molecule has 8 nitrogen and oxygen atoms in total. The van der Waals surface area contributed by atoms with Gasteiger partial charge < -0.3 is 24.8 Å². The highest BCUT2D eigenvalue weighted by atomic mass is 16.6. The van der Waals surface area contributed by atoms with E-state index in [1.807, 2.05) is 39.2 Å². The van der Waals surface area contributed by atoms with Crippen molar-refractivity contribution in [2.75, 3.05) is 26.2 Å². The highest BCUT2D eigenvalue weighted by Crippen LogP contribution is 2.12. The Bertz CT molecular complexity index is 887. The van der Waals surface area contributed by atoms with Crippen molar-refractivity contribution < 1.29 is 9.53 Å². The van der Waals surface area contributed by atoms with Crippen molar-refractivity contribution in [3.63, 3.8) is 0 Å². The smallest absolute Gasteiger partial charge is 0.407 e. The molecule has 32 heavy (non-hydrogen) atoms. The quantitative estimate of drug-likeness (QED) is 0.511. The average molecular weight is 441 g/mol. The van der Waals surface area contributed by atoms with Gasteiger partial charge in [-0.2, -0.15) is 0 Å². The van der Waals surface area contributed by atoms with Gasteiger partial charge >= 0.3 is 6.09 Å². The number of guanidine groups is 1. The standard InChI is InChI=1S/C24H36N6O2/c1-5-25-22(30-15-12-20(18-30)28-23(31)32-24(2,3)4)27-13-11-21-26-14-16-29(21)17-19-9-7-6-8-10-19/h6-10,14,16,20H,5,11-13,15,17-18H2,1-4H3,(H,25,27)(H,28,31). The molecule has 2 aromatic rings. The summed E-state index contributed by atoms with van der Waals surface area (Å²) in [6, 6.07) is 10.4. The van der Waals surface area contributed by atoms with Crippen molar-refractivity contribution in [1.29, 1.82) is 0 Å². The molecule has 2 N–H and O–H groups in total.